The fraction of sp³-hybridized carbons (Fsp3) is 0.0800. The molecule has 426 valence electrons. The van der Waals surface area contributed by atoms with Crippen LogP contribution in [-0.2, 0) is 226 Å². The Hall–Kier alpha value is -3.43. The van der Waals surface area contributed by atoms with Gasteiger partial charge in [-0.1, -0.05) is 0 Å². The van der Waals surface area contributed by atoms with E-state index in [-0.39, 0.29) is 168 Å². The zero-order valence-electron chi connectivity index (χ0n) is 39.8. The second-order valence-electron chi connectivity index (χ2n) is 5.63. The van der Waals surface area contributed by atoms with Gasteiger partial charge in [0.05, 0.1) is 0 Å². The van der Waals surface area contributed by atoms with E-state index in [9.17, 15) is 0 Å². The summed E-state index contributed by atoms with van der Waals surface area (Å²) in [4.78, 5) is 0. The Morgan fingerprint density at radius 3 is 0.309 bits per heavy atom. The van der Waals surface area contributed by atoms with Crippen LogP contribution >= 0.6 is 0 Å². The van der Waals surface area contributed by atoms with Crippen molar-refractivity contribution in [2.75, 3.05) is 13.2 Å². The van der Waals surface area contributed by atoms with Crippen LogP contribution in [0.1, 0.15) is 12.8 Å². The molecule has 31 heteroatoms. The second-order valence-corrected chi connectivity index (χ2v) is 5.63. The maximum Gasteiger partial charge on any atom is 1.00 e. The zero-order chi connectivity index (χ0) is 64.5. The van der Waals surface area contributed by atoms with Crippen LogP contribution in [-0.4, -0.2) is 62.1 Å². The van der Waals surface area contributed by atoms with Gasteiger partial charge in [0.25, 0.3) is 0 Å². The molecule has 1 heterocycles. The molecule has 1 aliphatic rings. The van der Waals surface area contributed by atoms with E-state index in [1.807, 2.05) is 121 Å². The normalized spacial score (nSPS) is 4.40. The van der Waals surface area contributed by atoms with Gasteiger partial charge in [-0.15, -0.1) is 0 Å². The standard InChI is InChI=1S/4C6H5.C4H8O.22CO.6Os.2Sb/c4*1-2-4-6-5-3-1;1-2-4-5-3-1;22*1-2;;;;;;;;/h4*1-5H;1-4H2;;;;;;;;;;;;;;;;;;;;;;;;;;;;;;/q4*-1;;;;;;;;;;;;;;;;;;;;;;;;;;;;2*+1;;. The minimum Gasteiger partial charge on any atom is -0.184 e. The van der Waals surface area contributed by atoms with E-state index in [0.29, 0.717) is 0 Å². The van der Waals surface area contributed by atoms with Gasteiger partial charge in [-0.05, 0) is 12.8 Å². The number of ether oxygens (including phenoxy) is 1. The summed E-state index contributed by atoms with van der Waals surface area (Å²) >= 11 is 0. The van der Waals surface area contributed by atoms with Crippen molar-refractivity contribution in [2.45, 2.75) is 12.8 Å². The largest absolute Gasteiger partial charge is 1.00 e. The minimum atomic E-state index is 0. The van der Waals surface area contributed by atoms with Crippen LogP contribution in [0.5, 0.6) is 0 Å². The van der Waals surface area contributed by atoms with Gasteiger partial charge in [0.2, 0.25) is 0 Å². The number of rotatable bonds is 0. The van der Waals surface area contributed by atoms with Gasteiger partial charge < -0.3 is 4.74 Å². The molecule has 0 aliphatic carbocycles. The molecule has 0 bridgehead atoms. The average molecular weight is 2380 g/mol. The fourth-order valence-corrected chi connectivity index (χ4v) is 1.88. The van der Waals surface area contributed by atoms with Crippen molar-refractivity contribution in [1.29, 1.82) is 0 Å². The van der Waals surface area contributed by atoms with Crippen molar-refractivity contribution in [3.63, 3.8) is 0 Å². The zero-order valence-corrected chi connectivity index (χ0v) is 60.1. The third-order valence-corrected chi connectivity index (χ3v) is 3.26. The molecule has 0 amide bonds. The van der Waals surface area contributed by atoms with Crippen molar-refractivity contribution in [2.24, 2.45) is 0 Å². The maximum atomic E-state index is 7.50. The molecule has 0 aromatic heterocycles. The van der Waals surface area contributed by atoms with E-state index in [1.165, 1.54) is 12.8 Å². The monoisotopic (exact) mass is 2390 g/mol. The van der Waals surface area contributed by atoms with Gasteiger partial charge in [0, 0.05) is 141 Å². The van der Waals surface area contributed by atoms with Crippen molar-refractivity contribution < 1.29 is 226 Å². The van der Waals surface area contributed by atoms with Gasteiger partial charge in [-0.25, -0.2) is 0 Å². The van der Waals surface area contributed by atoms with E-state index in [0.717, 1.165) is 13.2 Å². The molecule has 4 aromatic carbocycles. The summed E-state index contributed by atoms with van der Waals surface area (Å²) in [6.45, 7) is 101. The number of benzene rings is 4. The van der Waals surface area contributed by atoms with Crippen molar-refractivity contribution >= 4 is 48.9 Å². The van der Waals surface area contributed by atoms with E-state index >= 15 is 0 Å². The van der Waals surface area contributed by atoms with E-state index in [1.54, 1.807) is 0 Å². The van der Waals surface area contributed by atoms with Gasteiger partial charge >= 0.3 is 288 Å². The Morgan fingerprint density at radius 1 is 0.198 bits per heavy atom. The second kappa shape index (κ2) is 669. The van der Waals surface area contributed by atoms with E-state index in [4.69, 9.17) is 107 Å². The summed E-state index contributed by atoms with van der Waals surface area (Å²) in [6, 6.07) is 50.0. The predicted octanol–water partition coefficient (Wildman–Crippen LogP) is 5.14. The van der Waals surface area contributed by atoms with Crippen LogP contribution in [0.3, 0.4) is 0 Å². The van der Waals surface area contributed by atoms with E-state index in [2.05, 4.69) is 171 Å². The molecule has 4 aromatic rings. The molecule has 1 fully saturated rings. The molecule has 0 saturated carbocycles. The predicted molar refractivity (Wildman–Crippen MR) is 219 cm³/mol. The molecule has 0 unspecified atom stereocenters. The minimum absolute atomic E-state index is 0. The maximum absolute atomic E-state index is 7.50. The first-order chi connectivity index (χ1) is 36.5. The van der Waals surface area contributed by atoms with Crippen LogP contribution in [0.4, 0.5) is 0 Å². The summed E-state index contributed by atoms with van der Waals surface area (Å²) in [6.07, 6.45) is 2.56. The van der Waals surface area contributed by atoms with Crippen LogP contribution in [0.25, 0.3) is 0 Å². The molecule has 5 rings (SSSR count). The van der Waals surface area contributed by atoms with Gasteiger partial charge in [0.1, 0.15) is 0 Å². The smallest absolute Gasteiger partial charge is 0.184 e. The summed E-state index contributed by atoms with van der Waals surface area (Å²) in [7, 11) is 0. The topological polar surface area (TPSA) is 447 Å². The van der Waals surface area contributed by atoms with Gasteiger partial charge in [-0.2, -0.15) is 146 Å². The van der Waals surface area contributed by atoms with Gasteiger partial charge in [0.15, 0.2) is 0 Å². The van der Waals surface area contributed by atoms with Crippen molar-refractivity contribution in [3.05, 3.63) is 292 Å². The molecule has 0 atom stereocenters. The van der Waals surface area contributed by atoms with Crippen LogP contribution in [0.15, 0.2) is 121 Å². The van der Waals surface area contributed by atoms with Crippen LogP contribution < -0.4 is 0 Å². The first-order valence-electron chi connectivity index (χ1n) is 14.2. The summed E-state index contributed by atoms with van der Waals surface area (Å²) in [5, 5.41) is 0. The van der Waals surface area contributed by atoms with Crippen molar-refractivity contribution in [1.82, 2.24) is 0 Å². The molecule has 81 heavy (non-hydrogen) atoms. The quantitative estimate of drug-likeness (QED) is 0.129. The van der Waals surface area contributed by atoms with Gasteiger partial charge in [-0.3, -0.25) is 0 Å². The number of hydrogen-bond acceptors (Lipinski definition) is 1. The first kappa shape index (κ1) is 201. The Labute approximate surface area is 586 Å². The molecule has 8 radical (unpaired) electrons. The molecular formula is C50H28O23Os6Sb2-2. The Morgan fingerprint density at radius 2 is 0.284 bits per heavy atom. The fourth-order valence-electron chi connectivity index (χ4n) is 1.88. The summed E-state index contributed by atoms with van der Waals surface area (Å²) in [5.41, 5.74) is 0. The Kier molecular flexibility index (Phi) is 1660. The average Bonchev–Trinajstić information content (AvgIpc) is 4.21. The first-order valence-corrected chi connectivity index (χ1v) is 14.2. The summed E-state index contributed by atoms with van der Waals surface area (Å²) < 4.78 is 170. The third-order valence-electron chi connectivity index (χ3n) is 3.26. The SMILES string of the molecule is C1CCOC1.[C-]#[O+].[C-]#[O+].[C-]#[O+].[C-]#[O+].[C-]#[O+].[C-]#[O+].[C-]#[O+].[C-]#[O+].[C-]#[O+].[C-]#[O+].[C-]#[O+].[C-]#[O+].[C-]#[O+].[C-]#[O+].[C-]#[O+].[C-]#[O+].[C-]#[O+].[C-]#[O+].[C-]#[O+].[C-]#[O+].[C-]#[O+].[C-]#[O+].[Os+].[Os+].[Os].[Os].[Os].[Os].[Sb].[Sb].[c-]1ccccc1.[c-]1ccccc1.[c-]1ccccc1.[c-]1ccccc1. The molecule has 0 N–H and O–H groups in total. The van der Waals surface area contributed by atoms with Crippen LogP contribution in [0, 0.1) is 171 Å². The molecular weight excluding hydrogens is 2350 g/mol. The number of hydrogen-bond donors (Lipinski definition) is 0. The molecule has 23 nitrogen and oxygen atoms in total. The molecule has 0 spiro atoms. The summed E-state index contributed by atoms with van der Waals surface area (Å²) in [5.74, 6) is 0. The third kappa shape index (κ3) is 651. The van der Waals surface area contributed by atoms with Crippen molar-refractivity contribution in [3.8, 4) is 0 Å². The molecule has 1 aliphatic heterocycles. The van der Waals surface area contributed by atoms with Crippen LogP contribution in [0.2, 0.25) is 0 Å². The Bertz CT molecular complexity index is 1250. The molecule has 1 saturated heterocycles. The Balaban J connectivity index is -0.0000000121. The van der Waals surface area contributed by atoms with E-state index < -0.39 is 0 Å².